The minimum Gasteiger partial charge on any atom is -0.489 e. The molecule has 3 N–H and O–H groups in total. The van der Waals surface area contributed by atoms with Crippen LogP contribution in [0, 0.1) is 11.3 Å². The van der Waals surface area contributed by atoms with Gasteiger partial charge in [0.15, 0.2) is 0 Å². The van der Waals surface area contributed by atoms with Crippen LogP contribution in [-0.4, -0.2) is 87.1 Å². The number of carbonyl (C=O) groups excluding carboxylic acids is 1. The van der Waals surface area contributed by atoms with Crippen LogP contribution in [0.25, 0.3) is 16.8 Å². The maximum absolute atomic E-state index is 12.6. The zero-order valence-corrected chi connectivity index (χ0v) is 23.6. The van der Waals surface area contributed by atoms with Gasteiger partial charge in [-0.25, -0.2) is 14.3 Å². The number of carbonyl (C=O) groups is 1. The number of hydrogen-bond acceptors (Lipinski definition) is 9. The van der Waals surface area contributed by atoms with E-state index in [0.717, 1.165) is 31.7 Å². The molecule has 0 aliphatic carbocycles. The number of fused-ring (bicyclic) bond motifs is 1. The molecule has 0 bridgehead atoms. The molecule has 0 spiro atoms. The van der Waals surface area contributed by atoms with Gasteiger partial charge in [-0.1, -0.05) is 0 Å². The predicted molar refractivity (Wildman–Crippen MR) is 150 cm³/mol. The van der Waals surface area contributed by atoms with Crippen molar-refractivity contribution >= 4 is 17.4 Å². The van der Waals surface area contributed by atoms with Crippen molar-refractivity contribution in [1.29, 1.82) is 5.26 Å². The number of piperidine rings is 1. The van der Waals surface area contributed by atoms with Crippen molar-refractivity contribution in [3.05, 3.63) is 36.4 Å². The highest BCUT2D eigenvalue weighted by Crippen LogP contribution is 2.31. The Morgan fingerprint density at radius 2 is 2.02 bits per heavy atom. The van der Waals surface area contributed by atoms with Gasteiger partial charge in [-0.15, -0.1) is 0 Å². The first kappa shape index (κ1) is 27.6. The molecule has 2 saturated heterocycles. The zero-order valence-electron chi connectivity index (χ0n) is 23.6. The van der Waals surface area contributed by atoms with Crippen molar-refractivity contribution in [2.24, 2.45) is 5.73 Å². The number of urea groups is 1. The Hall–Kier alpha value is -3.95. The van der Waals surface area contributed by atoms with Gasteiger partial charge in [0.2, 0.25) is 0 Å². The summed E-state index contributed by atoms with van der Waals surface area (Å²) in [7, 11) is 0. The number of rotatable bonds is 5. The van der Waals surface area contributed by atoms with E-state index < -0.39 is 0 Å². The van der Waals surface area contributed by atoms with Gasteiger partial charge in [0.1, 0.15) is 30.3 Å². The summed E-state index contributed by atoms with van der Waals surface area (Å²) >= 11 is 0. The van der Waals surface area contributed by atoms with Crippen LogP contribution in [0.3, 0.4) is 0 Å². The minimum atomic E-state index is -0.319. The Kier molecular flexibility index (Phi) is 7.53. The Bertz CT molecular complexity index is 1400. The lowest BCUT2D eigenvalue weighted by atomic mass is 9.91. The fourth-order valence-corrected chi connectivity index (χ4v) is 4.92. The minimum absolute atomic E-state index is 0.117. The monoisotopic (exact) mass is 547 g/mol. The molecule has 5 heterocycles. The van der Waals surface area contributed by atoms with Gasteiger partial charge in [-0.05, 0) is 46.6 Å². The normalized spacial score (nSPS) is 19.4. The number of amides is 2. The second-order valence-corrected chi connectivity index (χ2v) is 11.9. The quantitative estimate of drug-likeness (QED) is 0.492. The molecule has 2 fully saturated rings. The van der Waals surface area contributed by atoms with E-state index in [2.05, 4.69) is 33.3 Å². The van der Waals surface area contributed by atoms with Crippen molar-refractivity contribution in [1.82, 2.24) is 29.8 Å². The summed E-state index contributed by atoms with van der Waals surface area (Å²) in [5.74, 6) is 1.34. The fourth-order valence-electron chi connectivity index (χ4n) is 4.92. The third kappa shape index (κ3) is 6.26. The molecule has 0 radical (unpaired) electrons. The van der Waals surface area contributed by atoms with Crippen molar-refractivity contribution in [3.8, 4) is 23.1 Å². The second-order valence-electron chi connectivity index (χ2n) is 11.9. The van der Waals surface area contributed by atoms with Crippen molar-refractivity contribution < 1.29 is 14.3 Å². The lowest BCUT2D eigenvalue weighted by Crippen LogP contribution is -2.54. The van der Waals surface area contributed by atoms with E-state index in [0.29, 0.717) is 47.8 Å². The van der Waals surface area contributed by atoms with E-state index in [1.807, 2.05) is 26.8 Å². The van der Waals surface area contributed by atoms with Gasteiger partial charge in [0, 0.05) is 36.3 Å². The largest absolute Gasteiger partial charge is 0.489 e. The number of nitrogens with two attached hydrogens (primary N) is 1. The van der Waals surface area contributed by atoms with E-state index >= 15 is 0 Å². The van der Waals surface area contributed by atoms with E-state index in [1.54, 1.807) is 28.0 Å². The molecule has 0 unspecified atom stereocenters. The van der Waals surface area contributed by atoms with Gasteiger partial charge in [0.05, 0.1) is 54.7 Å². The van der Waals surface area contributed by atoms with Gasteiger partial charge < -0.3 is 30.3 Å². The molecule has 3 aromatic rings. The number of hydrogen-bond donors (Lipinski definition) is 2. The second kappa shape index (κ2) is 10.9. The Morgan fingerprint density at radius 3 is 2.70 bits per heavy atom. The first-order valence-corrected chi connectivity index (χ1v) is 13.6. The van der Waals surface area contributed by atoms with E-state index in [1.165, 1.54) is 6.20 Å². The van der Waals surface area contributed by atoms with Gasteiger partial charge in [0.25, 0.3) is 0 Å². The zero-order chi connectivity index (χ0) is 28.5. The molecule has 12 heteroatoms. The van der Waals surface area contributed by atoms with Crippen LogP contribution in [-0.2, 0) is 4.74 Å². The summed E-state index contributed by atoms with van der Waals surface area (Å²) in [5, 5.41) is 17.0. The van der Waals surface area contributed by atoms with Crippen LogP contribution >= 0.6 is 0 Å². The highest BCUT2D eigenvalue weighted by molar-refractivity contribution is 5.83. The summed E-state index contributed by atoms with van der Waals surface area (Å²) in [6.07, 6.45) is 8.22. The van der Waals surface area contributed by atoms with E-state index in [-0.39, 0.29) is 29.8 Å². The molecule has 12 nitrogen and oxygen atoms in total. The lowest BCUT2D eigenvalue weighted by molar-refractivity contribution is -0.0358. The highest BCUT2D eigenvalue weighted by Gasteiger charge is 2.28. The smallest absolute Gasteiger partial charge is 0.317 e. The number of morpholine rings is 1. The molecular formula is C28H37N9O3. The van der Waals surface area contributed by atoms with Crippen LogP contribution in [0.4, 0.5) is 10.6 Å². The number of nitriles is 1. The summed E-state index contributed by atoms with van der Waals surface area (Å²) in [5.41, 5.74) is 8.17. The van der Waals surface area contributed by atoms with Crippen molar-refractivity contribution in [2.75, 3.05) is 44.3 Å². The number of pyridine rings is 1. The van der Waals surface area contributed by atoms with Crippen LogP contribution < -0.4 is 20.7 Å². The first-order chi connectivity index (χ1) is 19.0. The average Bonchev–Trinajstić information content (AvgIpc) is 3.34. The summed E-state index contributed by atoms with van der Waals surface area (Å²) in [4.78, 5) is 25.9. The molecule has 2 aliphatic heterocycles. The molecule has 40 heavy (non-hydrogen) atoms. The third-order valence-electron chi connectivity index (χ3n) is 7.19. The van der Waals surface area contributed by atoms with Crippen molar-refractivity contribution in [2.45, 2.75) is 57.7 Å². The van der Waals surface area contributed by atoms with Crippen LogP contribution in [0.15, 0.2) is 30.9 Å². The molecule has 5 rings (SSSR count). The van der Waals surface area contributed by atoms with Crippen molar-refractivity contribution in [3.63, 3.8) is 0 Å². The predicted octanol–water partition coefficient (Wildman–Crippen LogP) is 2.57. The number of anilines is 1. The maximum atomic E-state index is 12.6. The molecule has 2 amide bonds. The maximum Gasteiger partial charge on any atom is 0.317 e. The number of ether oxygens (including phenoxy) is 2. The topological polar surface area (TPSA) is 147 Å². The number of nitrogens with zero attached hydrogens (tertiary/aromatic N) is 7. The summed E-state index contributed by atoms with van der Waals surface area (Å²) < 4.78 is 13.6. The highest BCUT2D eigenvalue weighted by atomic mass is 16.5. The van der Waals surface area contributed by atoms with E-state index in [9.17, 15) is 10.1 Å². The molecule has 1 atom stereocenters. The molecule has 0 saturated carbocycles. The standard InChI is InChI=1S/C28H37N9O3/c1-27(2,3)34-26(38)36-9-10-39-21(16-36)18-40-20-11-22(25-19(12-29)13-33-37(25)17-20)23-14-32-24(15-31-23)35-7-5-28(4,30)6-8-35/h11,13-15,17,21H,5-10,16,18,30H2,1-4H3,(H,34,38)/t21-/m0/s1. The van der Waals surface area contributed by atoms with Crippen LogP contribution in [0.1, 0.15) is 46.1 Å². The third-order valence-corrected chi connectivity index (χ3v) is 7.19. The van der Waals surface area contributed by atoms with Crippen LogP contribution in [0.2, 0.25) is 0 Å². The molecular weight excluding hydrogens is 510 g/mol. The molecule has 0 aromatic carbocycles. The van der Waals surface area contributed by atoms with Gasteiger partial charge >= 0.3 is 6.03 Å². The lowest BCUT2D eigenvalue weighted by Gasteiger charge is -2.37. The number of nitrogens with one attached hydrogen (secondary N) is 1. The molecule has 2 aliphatic rings. The first-order valence-electron chi connectivity index (χ1n) is 13.6. The van der Waals surface area contributed by atoms with Gasteiger partial charge in [-0.3, -0.25) is 4.98 Å². The summed E-state index contributed by atoms with van der Waals surface area (Å²) in [6, 6.07) is 3.94. The van der Waals surface area contributed by atoms with Crippen LogP contribution in [0.5, 0.6) is 5.75 Å². The fraction of sp³-hybridized carbons (Fsp3) is 0.536. The number of aromatic nitrogens is 4. The Labute approximate surface area is 234 Å². The Morgan fingerprint density at radius 1 is 1.25 bits per heavy atom. The van der Waals surface area contributed by atoms with Gasteiger partial charge in [-0.2, -0.15) is 10.4 Å². The molecule has 212 valence electrons. The molecule has 3 aromatic heterocycles. The van der Waals surface area contributed by atoms with E-state index in [4.69, 9.17) is 20.2 Å². The average molecular weight is 548 g/mol. The summed E-state index contributed by atoms with van der Waals surface area (Å²) in [6.45, 7) is 11.2. The Balaban J connectivity index is 1.33. The SMILES string of the molecule is CC1(N)CCN(c2cnc(-c3cc(OC[C@@H]4CN(C(=O)NC(C)(C)C)CCO4)cn4ncc(C#N)c34)cn2)CC1.